The summed E-state index contributed by atoms with van der Waals surface area (Å²) in [4.78, 5) is 15.6. The second-order valence-corrected chi connectivity index (χ2v) is 15.6. The number of fused-ring (bicyclic) bond motifs is 6. The number of para-hydroxylation sites is 1. The smallest absolute Gasteiger partial charge is 0.164 e. The largest absolute Gasteiger partial charge is 0.309 e. The molecule has 0 saturated heterocycles. The summed E-state index contributed by atoms with van der Waals surface area (Å²) in [6.07, 6.45) is 0. The van der Waals surface area contributed by atoms with Gasteiger partial charge in [-0.15, -0.1) is 0 Å². The molecule has 4 nitrogen and oxygen atoms in total. The molecule has 2 heterocycles. The van der Waals surface area contributed by atoms with Gasteiger partial charge in [-0.25, -0.2) is 15.0 Å². The van der Waals surface area contributed by atoms with Crippen LogP contribution in [0.3, 0.4) is 0 Å². The monoisotopic (exact) mass is 776 g/mol. The van der Waals surface area contributed by atoms with Crippen LogP contribution in [0.15, 0.2) is 218 Å². The normalized spacial score (nSPS) is 11.6. The maximum atomic E-state index is 5.28. The van der Waals surface area contributed by atoms with E-state index in [0.29, 0.717) is 17.5 Å². The summed E-state index contributed by atoms with van der Waals surface area (Å²) in [5.41, 5.74) is 10.9. The van der Waals surface area contributed by atoms with Crippen molar-refractivity contribution in [3.05, 3.63) is 218 Å². The van der Waals surface area contributed by atoms with E-state index in [1.807, 2.05) is 18.2 Å². The summed E-state index contributed by atoms with van der Waals surface area (Å²) in [5.74, 6) is 1.88. The van der Waals surface area contributed by atoms with Crippen molar-refractivity contribution in [3.8, 4) is 62.1 Å². The fraction of sp³-hybridized carbons (Fsp3) is 0. The Balaban J connectivity index is 1.07. The fourth-order valence-corrected chi connectivity index (χ4v) is 9.02. The molecule has 0 amide bonds. The first kappa shape index (κ1) is 34.8. The SMILES string of the molecule is c1ccc(-c2ccc3cc(-c4nc(-c5ccccc5)nc(-c5cc(-n6c7ccccc7c7ccc(-c8cccc9ccccc89)cc76)c6ccccc6c5)n4)ccc3c2)cc1. The van der Waals surface area contributed by atoms with Crippen LogP contribution in [0, 0.1) is 0 Å². The molecule has 0 atom stereocenters. The highest BCUT2D eigenvalue weighted by molar-refractivity contribution is 6.12. The van der Waals surface area contributed by atoms with Gasteiger partial charge in [-0.05, 0) is 85.6 Å². The molecular weight excluding hydrogens is 741 g/mol. The van der Waals surface area contributed by atoms with Gasteiger partial charge in [0.1, 0.15) is 0 Å². The summed E-state index contributed by atoms with van der Waals surface area (Å²) in [7, 11) is 0. The Labute approximate surface area is 352 Å². The predicted molar refractivity (Wildman–Crippen MR) is 254 cm³/mol. The third-order valence-electron chi connectivity index (χ3n) is 12.0. The van der Waals surface area contributed by atoms with Crippen molar-refractivity contribution in [2.24, 2.45) is 0 Å². The van der Waals surface area contributed by atoms with Crippen molar-refractivity contribution < 1.29 is 0 Å². The predicted octanol–water partition coefficient (Wildman–Crippen LogP) is 14.8. The van der Waals surface area contributed by atoms with Crippen LogP contribution < -0.4 is 0 Å². The van der Waals surface area contributed by atoms with Crippen molar-refractivity contribution in [1.82, 2.24) is 19.5 Å². The van der Waals surface area contributed by atoms with E-state index >= 15 is 0 Å². The highest BCUT2D eigenvalue weighted by Crippen LogP contribution is 2.40. The van der Waals surface area contributed by atoms with Gasteiger partial charge in [0, 0.05) is 32.8 Å². The summed E-state index contributed by atoms with van der Waals surface area (Å²) in [6.45, 7) is 0. The lowest BCUT2D eigenvalue weighted by molar-refractivity contribution is 1.07. The van der Waals surface area contributed by atoms with Crippen LogP contribution in [0.5, 0.6) is 0 Å². The maximum absolute atomic E-state index is 5.28. The number of nitrogens with zero attached hydrogens (tertiary/aromatic N) is 4. The van der Waals surface area contributed by atoms with Gasteiger partial charge in [0.05, 0.1) is 16.7 Å². The van der Waals surface area contributed by atoms with Gasteiger partial charge in [0.2, 0.25) is 0 Å². The summed E-state index contributed by atoms with van der Waals surface area (Å²) in [6, 6.07) is 77.8. The molecule has 12 aromatic rings. The first-order valence-corrected chi connectivity index (χ1v) is 20.7. The summed E-state index contributed by atoms with van der Waals surface area (Å²) < 4.78 is 2.43. The zero-order chi connectivity index (χ0) is 40.3. The first-order chi connectivity index (χ1) is 30.2. The number of aromatic nitrogens is 4. The van der Waals surface area contributed by atoms with Crippen molar-refractivity contribution in [1.29, 1.82) is 0 Å². The van der Waals surface area contributed by atoms with Crippen LogP contribution >= 0.6 is 0 Å². The topological polar surface area (TPSA) is 43.6 Å². The second kappa shape index (κ2) is 14.3. The van der Waals surface area contributed by atoms with Crippen molar-refractivity contribution >= 4 is 54.1 Å². The maximum Gasteiger partial charge on any atom is 0.164 e. The van der Waals surface area contributed by atoms with Gasteiger partial charge in [-0.2, -0.15) is 0 Å². The van der Waals surface area contributed by atoms with Crippen LogP contribution in [0.1, 0.15) is 0 Å². The van der Waals surface area contributed by atoms with Crippen LogP contribution in [0.25, 0.3) is 116 Å². The third kappa shape index (κ3) is 6.04. The zero-order valence-electron chi connectivity index (χ0n) is 33.1. The number of hydrogen-bond acceptors (Lipinski definition) is 3. The highest BCUT2D eigenvalue weighted by atomic mass is 15.0. The number of benzene rings is 10. The Hall–Kier alpha value is -8.21. The minimum absolute atomic E-state index is 0.618. The van der Waals surface area contributed by atoms with E-state index in [9.17, 15) is 0 Å². The molecule has 10 aromatic carbocycles. The van der Waals surface area contributed by atoms with Crippen LogP contribution in [0.2, 0.25) is 0 Å². The van der Waals surface area contributed by atoms with Crippen molar-refractivity contribution in [3.63, 3.8) is 0 Å². The molecule has 4 heteroatoms. The minimum Gasteiger partial charge on any atom is -0.309 e. The average Bonchev–Trinajstić information content (AvgIpc) is 3.67. The van der Waals surface area contributed by atoms with E-state index in [0.717, 1.165) is 55.0 Å². The molecule has 0 aliphatic rings. The molecule has 0 bridgehead atoms. The van der Waals surface area contributed by atoms with E-state index in [1.54, 1.807) is 0 Å². The molecule has 0 N–H and O–H groups in total. The van der Waals surface area contributed by atoms with E-state index < -0.39 is 0 Å². The Morgan fingerprint density at radius 3 is 1.59 bits per heavy atom. The molecule has 0 aliphatic heterocycles. The second-order valence-electron chi connectivity index (χ2n) is 15.6. The van der Waals surface area contributed by atoms with Gasteiger partial charge in [0.15, 0.2) is 17.5 Å². The average molecular weight is 777 g/mol. The Morgan fingerprint density at radius 2 is 0.803 bits per heavy atom. The minimum atomic E-state index is 0.618. The van der Waals surface area contributed by atoms with E-state index in [1.165, 1.54) is 43.8 Å². The van der Waals surface area contributed by atoms with Gasteiger partial charge in [-0.1, -0.05) is 182 Å². The lowest BCUT2D eigenvalue weighted by atomic mass is 9.97. The summed E-state index contributed by atoms with van der Waals surface area (Å²) in [5, 5.41) is 9.42. The lowest BCUT2D eigenvalue weighted by Gasteiger charge is -2.15. The van der Waals surface area contributed by atoms with Crippen LogP contribution in [-0.4, -0.2) is 19.5 Å². The van der Waals surface area contributed by atoms with Gasteiger partial charge in [0.25, 0.3) is 0 Å². The van der Waals surface area contributed by atoms with Gasteiger partial charge >= 0.3 is 0 Å². The van der Waals surface area contributed by atoms with E-state index in [2.05, 4.69) is 205 Å². The van der Waals surface area contributed by atoms with Gasteiger partial charge < -0.3 is 4.57 Å². The van der Waals surface area contributed by atoms with E-state index in [4.69, 9.17) is 15.0 Å². The molecule has 0 aliphatic carbocycles. The molecule has 0 spiro atoms. The van der Waals surface area contributed by atoms with Crippen molar-refractivity contribution in [2.45, 2.75) is 0 Å². The fourth-order valence-electron chi connectivity index (χ4n) is 9.02. The highest BCUT2D eigenvalue weighted by Gasteiger charge is 2.19. The number of hydrogen-bond donors (Lipinski definition) is 0. The molecule has 0 radical (unpaired) electrons. The van der Waals surface area contributed by atoms with Gasteiger partial charge in [-0.3, -0.25) is 0 Å². The van der Waals surface area contributed by atoms with Crippen LogP contribution in [0.4, 0.5) is 0 Å². The van der Waals surface area contributed by atoms with Crippen molar-refractivity contribution in [2.75, 3.05) is 0 Å². The molecule has 0 fully saturated rings. The molecule has 0 saturated carbocycles. The standard InChI is InChI=1S/C57H36N4/c1-3-14-37(15-4-1)40-26-27-42-33-45(29-28-41(42)32-40)56-58-55(39-17-5-2-6-18-39)59-57(60-56)46-34-43-19-8-10-22-49(43)53(36-46)61-52-25-12-11-23-50(52)51-31-30-44(35-54(51)61)48-24-13-20-38-16-7-9-21-47(38)48/h1-36H. The molecular formula is C57H36N4. The third-order valence-corrected chi connectivity index (χ3v) is 12.0. The Morgan fingerprint density at radius 1 is 0.262 bits per heavy atom. The summed E-state index contributed by atoms with van der Waals surface area (Å²) >= 11 is 0. The number of rotatable bonds is 6. The Kier molecular flexibility index (Phi) is 8.13. The molecule has 12 rings (SSSR count). The van der Waals surface area contributed by atoms with E-state index in [-0.39, 0.29) is 0 Å². The molecule has 0 unspecified atom stereocenters. The zero-order valence-corrected chi connectivity index (χ0v) is 33.1. The molecule has 2 aromatic heterocycles. The molecule has 284 valence electrons. The Bertz CT molecular complexity index is 3640. The molecule has 61 heavy (non-hydrogen) atoms. The quantitative estimate of drug-likeness (QED) is 0.169. The lowest BCUT2D eigenvalue weighted by Crippen LogP contribution is -2.02. The first-order valence-electron chi connectivity index (χ1n) is 20.7. The van der Waals surface area contributed by atoms with Crippen LogP contribution in [-0.2, 0) is 0 Å².